The van der Waals surface area contributed by atoms with Gasteiger partial charge in [-0.3, -0.25) is 4.68 Å². The van der Waals surface area contributed by atoms with Crippen LogP contribution in [-0.2, 0) is 7.05 Å². The Labute approximate surface area is 88.3 Å². The molecule has 0 radical (unpaired) electrons. The number of anilines is 1. The van der Waals surface area contributed by atoms with Crippen LogP contribution in [0.3, 0.4) is 0 Å². The van der Waals surface area contributed by atoms with Gasteiger partial charge in [-0.15, -0.1) is 0 Å². The summed E-state index contributed by atoms with van der Waals surface area (Å²) >= 11 is 0. The van der Waals surface area contributed by atoms with Crippen molar-refractivity contribution in [3.8, 4) is 17.0 Å². The number of aromatic nitrogens is 2. The summed E-state index contributed by atoms with van der Waals surface area (Å²) < 4.78 is 6.96. The van der Waals surface area contributed by atoms with E-state index in [1.54, 1.807) is 24.1 Å². The van der Waals surface area contributed by atoms with Crippen LogP contribution in [0.4, 0.5) is 5.69 Å². The van der Waals surface area contributed by atoms with Gasteiger partial charge in [0.2, 0.25) is 0 Å². The lowest BCUT2D eigenvalue weighted by atomic mass is 10.1. The maximum atomic E-state index is 5.78. The first-order chi connectivity index (χ1) is 7.20. The molecule has 0 unspecified atom stereocenters. The maximum absolute atomic E-state index is 5.78. The molecule has 0 aliphatic carbocycles. The lowest BCUT2D eigenvalue weighted by Gasteiger charge is -2.06. The van der Waals surface area contributed by atoms with Crippen LogP contribution in [0.5, 0.6) is 5.75 Å². The second kappa shape index (κ2) is 3.65. The molecule has 1 aromatic heterocycles. The minimum absolute atomic E-state index is 0.686. The van der Waals surface area contributed by atoms with Crippen LogP contribution in [-0.4, -0.2) is 16.9 Å². The van der Waals surface area contributed by atoms with Crippen molar-refractivity contribution >= 4 is 5.69 Å². The van der Waals surface area contributed by atoms with Crippen LogP contribution in [0.25, 0.3) is 11.3 Å². The third-order valence-corrected chi connectivity index (χ3v) is 2.28. The quantitative estimate of drug-likeness (QED) is 0.755. The largest absolute Gasteiger partial charge is 0.497 e. The highest BCUT2D eigenvalue weighted by molar-refractivity contribution is 5.67. The van der Waals surface area contributed by atoms with E-state index < -0.39 is 0 Å². The number of hydrogen-bond acceptors (Lipinski definition) is 3. The predicted octanol–water partition coefficient (Wildman–Crippen LogP) is 1.68. The van der Waals surface area contributed by atoms with Crippen molar-refractivity contribution in [3.05, 3.63) is 30.5 Å². The number of nitrogens with two attached hydrogens (primary N) is 1. The van der Waals surface area contributed by atoms with Crippen molar-refractivity contribution < 1.29 is 4.74 Å². The number of nitrogen functional groups attached to an aromatic ring is 1. The third-order valence-electron chi connectivity index (χ3n) is 2.28. The van der Waals surface area contributed by atoms with Gasteiger partial charge < -0.3 is 10.5 Å². The maximum Gasteiger partial charge on any atom is 0.121 e. The molecule has 1 aromatic carbocycles. The first kappa shape index (κ1) is 9.58. The van der Waals surface area contributed by atoms with Crippen molar-refractivity contribution in [2.24, 2.45) is 7.05 Å². The zero-order valence-corrected chi connectivity index (χ0v) is 8.77. The number of rotatable bonds is 2. The Balaban J connectivity index is 2.53. The molecule has 78 valence electrons. The highest BCUT2D eigenvalue weighted by Crippen LogP contribution is 2.26. The Kier molecular flexibility index (Phi) is 2.33. The van der Waals surface area contributed by atoms with E-state index in [2.05, 4.69) is 5.10 Å². The fraction of sp³-hybridized carbons (Fsp3) is 0.182. The van der Waals surface area contributed by atoms with E-state index in [-0.39, 0.29) is 0 Å². The molecule has 0 aliphatic rings. The topological polar surface area (TPSA) is 53.1 Å². The van der Waals surface area contributed by atoms with Gasteiger partial charge >= 0.3 is 0 Å². The minimum Gasteiger partial charge on any atom is -0.497 e. The molecule has 0 bridgehead atoms. The Bertz CT molecular complexity index is 476. The zero-order chi connectivity index (χ0) is 10.8. The van der Waals surface area contributed by atoms with Crippen molar-refractivity contribution in [2.45, 2.75) is 0 Å². The molecule has 15 heavy (non-hydrogen) atoms. The Morgan fingerprint density at radius 2 is 2.13 bits per heavy atom. The molecule has 4 nitrogen and oxygen atoms in total. The van der Waals surface area contributed by atoms with Gasteiger partial charge in [0.05, 0.1) is 12.8 Å². The van der Waals surface area contributed by atoms with E-state index in [4.69, 9.17) is 10.5 Å². The summed E-state index contributed by atoms with van der Waals surface area (Å²) in [6, 6.07) is 7.57. The average Bonchev–Trinajstić information content (AvgIpc) is 2.63. The normalized spacial score (nSPS) is 10.3. The minimum atomic E-state index is 0.686. The molecule has 2 rings (SSSR count). The Morgan fingerprint density at radius 3 is 2.73 bits per heavy atom. The van der Waals surface area contributed by atoms with Gasteiger partial charge in [0.15, 0.2) is 0 Å². The van der Waals surface area contributed by atoms with E-state index in [0.717, 1.165) is 17.0 Å². The number of benzene rings is 1. The number of hydrogen-bond donors (Lipinski definition) is 1. The number of aryl methyl sites for hydroxylation is 1. The smallest absolute Gasteiger partial charge is 0.121 e. The standard InChI is InChI=1S/C11H13N3O/c1-14-11(3-4-13-14)8-5-9(12)7-10(6-8)15-2/h3-7H,12H2,1-2H3. The molecule has 4 heteroatoms. The van der Waals surface area contributed by atoms with Crippen molar-refractivity contribution in [3.63, 3.8) is 0 Å². The molecule has 0 fully saturated rings. The summed E-state index contributed by atoms with van der Waals surface area (Å²) in [5.41, 5.74) is 8.49. The summed E-state index contributed by atoms with van der Waals surface area (Å²) in [7, 11) is 3.52. The van der Waals surface area contributed by atoms with Gasteiger partial charge in [-0.05, 0) is 18.2 Å². The van der Waals surface area contributed by atoms with Gasteiger partial charge in [-0.1, -0.05) is 0 Å². The van der Waals surface area contributed by atoms with Crippen molar-refractivity contribution in [1.29, 1.82) is 0 Å². The second-order valence-corrected chi connectivity index (χ2v) is 3.33. The first-order valence-electron chi connectivity index (χ1n) is 4.63. The highest BCUT2D eigenvalue weighted by Gasteiger charge is 2.05. The zero-order valence-electron chi connectivity index (χ0n) is 8.77. The van der Waals surface area contributed by atoms with E-state index in [1.807, 2.05) is 25.2 Å². The molecule has 0 amide bonds. The van der Waals surface area contributed by atoms with E-state index in [9.17, 15) is 0 Å². The van der Waals surface area contributed by atoms with E-state index in [0.29, 0.717) is 5.69 Å². The lowest BCUT2D eigenvalue weighted by molar-refractivity contribution is 0.415. The van der Waals surface area contributed by atoms with Gasteiger partial charge in [0, 0.05) is 30.6 Å². The molecule has 0 atom stereocenters. The van der Waals surface area contributed by atoms with Crippen LogP contribution < -0.4 is 10.5 Å². The van der Waals surface area contributed by atoms with E-state index in [1.165, 1.54) is 0 Å². The average molecular weight is 203 g/mol. The summed E-state index contributed by atoms with van der Waals surface area (Å²) in [5, 5.41) is 4.11. The number of ether oxygens (including phenoxy) is 1. The van der Waals surface area contributed by atoms with Crippen LogP contribution in [0, 0.1) is 0 Å². The Hall–Kier alpha value is -1.97. The molecule has 0 aliphatic heterocycles. The second-order valence-electron chi connectivity index (χ2n) is 3.33. The van der Waals surface area contributed by atoms with E-state index >= 15 is 0 Å². The molecule has 1 heterocycles. The SMILES string of the molecule is COc1cc(N)cc(-c2ccnn2C)c1. The molecule has 0 spiro atoms. The fourth-order valence-corrected chi connectivity index (χ4v) is 1.54. The summed E-state index contributed by atoms with van der Waals surface area (Å²) in [6.45, 7) is 0. The molecular formula is C11H13N3O. The predicted molar refractivity (Wildman–Crippen MR) is 59.6 cm³/mol. The lowest BCUT2D eigenvalue weighted by Crippen LogP contribution is -1.95. The first-order valence-corrected chi connectivity index (χ1v) is 4.63. The summed E-state index contributed by atoms with van der Waals surface area (Å²) in [4.78, 5) is 0. The summed E-state index contributed by atoms with van der Waals surface area (Å²) in [6.07, 6.45) is 1.75. The van der Waals surface area contributed by atoms with Crippen molar-refractivity contribution in [1.82, 2.24) is 9.78 Å². The van der Waals surface area contributed by atoms with Gasteiger partial charge in [-0.25, -0.2) is 0 Å². The van der Waals surface area contributed by atoms with Gasteiger partial charge in [-0.2, -0.15) is 5.10 Å². The van der Waals surface area contributed by atoms with Gasteiger partial charge in [0.1, 0.15) is 5.75 Å². The molecule has 0 saturated carbocycles. The molecule has 0 saturated heterocycles. The van der Waals surface area contributed by atoms with Crippen molar-refractivity contribution in [2.75, 3.05) is 12.8 Å². The molecule has 2 N–H and O–H groups in total. The number of nitrogens with zero attached hydrogens (tertiary/aromatic N) is 2. The highest BCUT2D eigenvalue weighted by atomic mass is 16.5. The number of methoxy groups -OCH3 is 1. The van der Waals surface area contributed by atoms with Gasteiger partial charge in [0.25, 0.3) is 0 Å². The molecule has 2 aromatic rings. The molecular weight excluding hydrogens is 190 g/mol. The summed E-state index contributed by atoms with van der Waals surface area (Å²) in [5.74, 6) is 0.756. The Morgan fingerprint density at radius 1 is 1.33 bits per heavy atom. The van der Waals surface area contributed by atoms with Crippen LogP contribution in [0.2, 0.25) is 0 Å². The van der Waals surface area contributed by atoms with Crippen LogP contribution in [0.1, 0.15) is 0 Å². The third kappa shape index (κ3) is 1.79. The monoisotopic (exact) mass is 203 g/mol. The van der Waals surface area contributed by atoms with Crippen LogP contribution in [0.15, 0.2) is 30.5 Å². The fourth-order valence-electron chi connectivity index (χ4n) is 1.54. The van der Waals surface area contributed by atoms with Crippen LogP contribution >= 0.6 is 0 Å².